The highest BCUT2D eigenvalue weighted by Crippen LogP contribution is 2.23. The van der Waals surface area contributed by atoms with Crippen LogP contribution in [0.3, 0.4) is 0 Å². The lowest BCUT2D eigenvalue weighted by atomic mass is 9.93. The molecule has 5 heteroatoms. The van der Waals surface area contributed by atoms with E-state index in [4.69, 9.17) is 9.84 Å². The molecule has 1 heterocycles. The van der Waals surface area contributed by atoms with Crippen molar-refractivity contribution in [3.8, 4) is 5.75 Å². The van der Waals surface area contributed by atoms with Crippen LogP contribution in [0.5, 0.6) is 5.75 Å². The van der Waals surface area contributed by atoms with Gasteiger partial charge in [0.15, 0.2) is 0 Å². The predicted molar refractivity (Wildman–Crippen MR) is 83.1 cm³/mol. The Labute approximate surface area is 130 Å². The van der Waals surface area contributed by atoms with Gasteiger partial charge in [0.25, 0.3) is 5.91 Å². The van der Waals surface area contributed by atoms with E-state index in [9.17, 15) is 9.59 Å². The second kappa shape index (κ2) is 7.82. The molecule has 2 rings (SSSR count). The Morgan fingerprint density at radius 2 is 2.23 bits per heavy atom. The fourth-order valence-corrected chi connectivity index (χ4v) is 2.88. The molecule has 120 valence electrons. The average Bonchev–Trinajstić information content (AvgIpc) is 2.53. The Morgan fingerprint density at radius 1 is 1.41 bits per heavy atom. The first-order chi connectivity index (χ1) is 10.6. The first-order valence-electron chi connectivity index (χ1n) is 7.84. The van der Waals surface area contributed by atoms with Gasteiger partial charge in [-0.2, -0.15) is 0 Å². The van der Waals surface area contributed by atoms with Gasteiger partial charge < -0.3 is 14.7 Å². The van der Waals surface area contributed by atoms with Gasteiger partial charge in [0.2, 0.25) is 0 Å². The molecule has 1 aliphatic rings. The second-order valence-corrected chi connectivity index (χ2v) is 5.65. The monoisotopic (exact) mass is 305 g/mol. The molecule has 1 atom stereocenters. The third-order valence-corrected chi connectivity index (χ3v) is 3.96. The van der Waals surface area contributed by atoms with Crippen LogP contribution in [-0.4, -0.2) is 41.6 Å². The minimum Gasteiger partial charge on any atom is -0.494 e. The van der Waals surface area contributed by atoms with Crippen molar-refractivity contribution in [2.45, 2.75) is 32.6 Å². The molecule has 5 nitrogen and oxygen atoms in total. The van der Waals surface area contributed by atoms with Gasteiger partial charge in [-0.3, -0.25) is 9.59 Å². The zero-order valence-electron chi connectivity index (χ0n) is 13.0. The summed E-state index contributed by atoms with van der Waals surface area (Å²) in [7, 11) is 0. The number of piperidine rings is 1. The SMILES string of the molecule is CCOc1cccc(C(=O)N2CCC[C@@H](CCC(=O)O)C2)c1. The lowest BCUT2D eigenvalue weighted by Gasteiger charge is -2.32. The first kappa shape index (κ1) is 16.3. The molecule has 0 unspecified atom stereocenters. The summed E-state index contributed by atoms with van der Waals surface area (Å²) >= 11 is 0. The number of likely N-dealkylation sites (tertiary alicyclic amines) is 1. The number of hydrogen-bond acceptors (Lipinski definition) is 3. The van der Waals surface area contributed by atoms with E-state index in [1.807, 2.05) is 24.0 Å². The molecular weight excluding hydrogens is 282 g/mol. The van der Waals surface area contributed by atoms with Crippen LogP contribution >= 0.6 is 0 Å². The third-order valence-electron chi connectivity index (χ3n) is 3.96. The lowest BCUT2D eigenvalue weighted by Crippen LogP contribution is -2.40. The molecule has 0 aliphatic carbocycles. The standard InChI is InChI=1S/C17H23NO4/c1-2-22-15-7-3-6-14(11-15)17(21)18-10-4-5-13(12-18)8-9-16(19)20/h3,6-7,11,13H,2,4-5,8-10,12H2,1H3,(H,19,20)/t13-/m0/s1. The van der Waals surface area contributed by atoms with Crippen LogP contribution in [-0.2, 0) is 4.79 Å². The molecule has 1 aromatic rings. The largest absolute Gasteiger partial charge is 0.494 e. The minimum atomic E-state index is -0.770. The summed E-state index contributed by atoms with van der Waals surface area (Å²) in [5, 5.41) is 8.78. The lowest BCUT2D eigenvalue weighted by molar-refractivity contribution is -0.137. The molecule has 1 aromatic carbocycles. The highest BCUT2D eigenvalue weighted by Gasteiger charge is 2.25. The molecule has 1 saturated heterocycles. The number of carbonyl (C=O) groups excluding carboxylic acids is 1. The molecular formula is C17H23NO4. The van der Waals surface area contributed by atoms with E-state index in [2.05, 4.69) is 0 Å². The van der Waals surface area contributed by atoms with Crippen molar-refractivity contribution < 1.29 is 19.4 Å². The van der Waals surface area contributed by atoms with Crippen LogP contribution in [0, 0.1) is 5.92 Å². The molecule has 1 N–H and O–H groups in total. The van der Waals surface area contributed by atoms with E-state index in [-0.39, 0.29) is 18.2 Å². The fourth-order valence-electron chi connectivity index (χ4n) is 2.88. The summed E-state index contributed by atoms with van der Waals surface area (Å²) in [6.07, 6.45) is 2.74. The molecule has 1 amide bonds. The summed E-state index contributed by atoms with van der Waals surface area (Å²) < 4.78 is 5.43. The van der Waals surface area contributed by atoms with Crippen LogP contribution in [0.15, 0.2) is 24.3 Å². The van der Waals surface area contributed by atoms with Crippen molar-refractivity contribution >= 4 is 11.9 Å². The highest BCUT2D eigenvalue weighted by molar-refractivity contribution is 5.94. The van der Waals surface area contributed by atoms with Crippen LogP contribution in [0.25, 0.3) is 0 Å². The van der Waals surface area contributed by atoms with Crippen LogP contribution in [0.2, 0.25) is 0 Å². The van der Waals surface area contributed by atoms with E-state index in [1.165, 1.54) is 0 Å². The van der Waals surface area contributed by atoms with Gasteiger partial charge in [-0.1, -0.05) is 6.07 Å². The van der Waals surface area contributed by atoms with Crippen molar-refractivity contribution in [3.63, 3.8) is 0 Å². The van der Waals surface area contributed by atoms with E-state index >= 15 is 0 Å². The number of rotatable bonds is 6. The smallest absolute Gasteiger partial charge is 0.303 e. The number of amides is 1. The maximum Gasteiger partial charge on any atom is 0.303 e. The Kier molecular flexibility index (Phi) is 5.81. The maximum atomic E-state index is 12.6. The van der Waals surface area contributed by atoms with Crippen LogP contribution in [0.1, 0.15) is 43.0 Å². The number of carbonyl (C=O) groups is 2. The van der Waals surface area contributed by atoms with Gasteiger partial charge in [-0.05, 0) is 50.3 Å². The van der Waals surface area contributed by atoms with E-state index in [0.29, 0.717) is 30.9 Å². The van der Waals surface area contributed by atoms with Gasteiger partial charge in [0, 0.05) is 25.1 Å². The van der Waals surface area contributed by atoms with Gasteiger partial charge in [0.1, 0.15) is 5.75 Å². The van der Waals surface area contributed by atoms with Gasteiger partial charge in [-0.25, -0.2) is 0 Å². The van der Waals surface area contributed by atoms with Crippen molar-refractivity contribution in [3.05, 3.63) is 29.8 Å². The van der Waals surface area contributed by atoms with E-state index in [0.717, 1.165) is 19.4 Å². The van der Waals surface area contributed by atoms with Gasteiger partial charge >= 0.3 is 5.97 Å². The van der Waals surface area contributed by atoms with Gasteiger partial charge in [-0.15, -0.1) is 0 Å². The predicted octanol–water partition coefficient (Wildman–Crippen LogP) is 2.80. The topological polar surface area (TPSA) is 66.8 Å². The van der Waals surface area contributed by atoms with Crippen molar-refractivity contribution in [1.29, 1.82) is 0 Å². The molecule has 1 fully saturated rings. The minimum absolute atomic E-state index is 0.00146. The van der Waals surface area contributed by atoms with Crippen molar-refractivity contribution in [2.75, 3.05) is 19.7 Å². The maximum absolute atomic E-state index is 12.6. The summed E-state index contributed by atoms with van der Waals surface area (Å²) in [4.78, 5) is 25.1. The molecule has 0 aromatic heterocycles. The number of nitrogens with zero attached hydrogens (tertiary/aromatic N) is 1. The first-order valence-corrected chi connectivity index (χ1v) is 7.84. The van der Waals surface area contributed by atoms with E-state index < -0.39 is 5.97 Å². The quantitative estimate of drug-likeness (QED) is 0.877. The Balaban J connectivity index is 1.99. The third kappa shape index (κ3) is 4.48. The number of hydrogen-bond donors (Lipinski definition) is 1. The van der Waals surface area contributed by atoms with Crippen LogP contribution in [0.4, 0.5) is 0 Å². The summed E-state index contributed by atoms with van der Waals surface area (Å²) in [6, 6.07) is 7.23. The Hall–Kier alpha value is -2.04. The number of carboxylic acids is 1. The average molecular weight is 305 g/mol. The molecule has 1 aliphatic heterocycles. The Bertz CT molecular complexity index is 529. The van der Waals surface area contributed by atoms with Gasteiger partial charge in [0.05, 0.1) is 6.61 Å². The molecule has 0 saturated carbocycles. The summed E-state index contributed by atoms with van der Waals surface area (Å²) in [5.74, 6) is 0.214. The number of benzene rings is 1. The van der Waals surface area contributed by atoms with Crippen LogP contribution < -0.4 is 4.74 Å². The number of aliphatic carboxylic acids is 1. The second-order valence-electron chi connectivity index (χ2n) is 5.65. The van der Waals surface area contributed by atoms with E-state index in [1.54, 1.807) is 12.1 Å². The van der Waals surface area contributed by atoms with Crippen molar-refractivity contribution in [2.24, 2.45) is 5.92 Å². The zero-order chi connectivity index (χ0) is 15.9. The Morgan fingerprint density at radius 3 is 2.95 bits per heavy atom. The number of ether oxygens (including phenoxy) is 1. The summed E-state index contributed by atoms with van der Waals surface area (Å²) in [6.45, 7) is 3.86. The molecule has 0 spiro atoms. The molecule has 0 radical (unpaired) electrons. The molecule has 0 bridgehead atoms. The molecule has 22 heavy (non-hydrogen) atoms. The normalized spacial score (nSPS) is 18.0. The zero-order valence-corrected chi connectivity index (χ0v) is 13.0. The number of carboxylic acid groups (broad SMARTS) is 1. The summed E-state index contributed by atoms with van der Waals surface area (Å²) in [5.41, 5.74) is 0.629. The van der Waals surface area contributed by atoms with Crippen molar-refractivity contribution in [1.82, 2.24) is 4.90 Å². The fraction of sp³-hybridized carbons (Fsp3) is 0.529. The highest BCUT2D eigenvalue weighted by atomic mass is 16.5.